The number of carbonyl (C=O) groups is 1. The number of piperidine rings is 1. The summed E-state index contributed by atoms with van der Waals surface area (Å²) in [6.07, 6.45) is 7.41. The summed E-state index contributed by atoms with van der Waals surface area (Å²) in [6.45, 7) is 2.26. The first-order valence-corrected chi connectivity index (χ1v) is 8.25. The predicted molar refractivity (Wildman–Crippen MR) is 88.0 cm³/mol. The maximum Gasteiger partial charge on any atom is 0.317 e. The zero-order valence-corrected chi connectivity index (χ0v) is 13.3. The standard InChI is InChI=1S/C17H23N5O/c23-17(18-10-4-7-15-5-2-1-3-6-15)21-12-8-16(9-13-21)22-14-11-19-20-22/h1-3,5-6,11,14,16H,4,7-10,12-13H2,(H,18,23). The van der Waals surface area contributed by atoms with E-state index in [1.807, 2.05) is 34.0 Å². The van der Waals surface area contributed by atoms with Crippen molar-refractivity contribution >= 4 is 6.03 Å². The maximum atomic E-state index is 12.2. The molecule has 23 heavy (non-hydrogen) atoms. The summed E-state index contributed by atoms with van der Waals surface area (Å²) in [5.41, 5.74) is 1.32. The Morgan fingerprint density at radius 3 is 2.70 bits per heavy atom. The molecule has 0 radical (unpaired) electrons. The Kier molecular flexibility index (Phi) is 5.24. The van der Waals surface area contributed by atoms with Gasteiger partial charge in [-0.25, -0.2) is 9.48 Å². The van der Waals surface area contributed by atoms with Crippen LogP contribution >= 0.6 is 0 Å². The summed E-state index contributed by atoms with van der Waals surface area (Å²) in [5, 5.41) is 10.9. The Hall–Kier alpha value is -2.37. The van der Waals surface area contributed by atoms with Gasteiger partial charge in [-0.1, -0.05) is 35.5 Å². The van der Waals surface area contributed by atoms with E-state index in [2.05, 4.69) is 27.8 Å². The Morgan fingerprint density at radius 2 is 2.00 bits per heavy atom. The first-order valence-electron chi connectivity index (χ1n) is 8.25. The van der Waals surface area contributed by atoms with Gasteiger partial charge >= 0.3 is 6.03 Å². The van der Waals surface area contributed by atoms with E-state index in [0.29, 0.717) is 6.04 Å². The molecule has 1 aliphatic rings. The van der Waals surface area contributed by atoms with Crippen molar-refractivity contribution in [1.29, 1.82) is 0 Å². The Bertz CT molecular complexity index is 591. The lowest BCUT2D eigenvalue weighted by Crippen LogP contribution is -2.45. The molecule has 2 amide bonds. The fraction of sp³-hybridized carbons (Fsp3) is 0.471. The Morgan fingerprint density at radius 1 is 1.22 bits per heavy atom. The molecule has 1 saturated heterocycles. The van der Waals surface area contributed by atoms with E-state index in [0.717, 1.165) is 45.3 Å². The summed E-state index contributed by atoms with van der Waals surface area (Å²) >= 11 is 0. The zero-order valence-electron chi connectivity index (χ0n) is 13.3. The second-order valence-electron chi connectivity index (χ2n) is 5.92. The second-order valence-corrected chi connectivity index (χ2v) is 5.92. The minimum Gasteiger partial charge on any atom is -0.338 e. The van der Waals surface area contributed by atoms with E-state index < -0.39 is 0 Å². The number of urea groups is 1. The Labute approximate surface area is 136 Å². The number of likely N-dealkylation sites (tertiary alicyclic amines) is 1. The number of rotatable bonds is 5. The van der Waals surface area contributed by atoms with Crippen molar-refractivity contribution in [2.24, 2.45) is 0 Å². The van der Waals surface area contributed by atoms with E-state index in [9.17, 15) is 4.79 Å². The van der Waals surface area contributed by atoms with E-state index in [4.69, 9.17) is 0 Å². The summed E-state index contributed by atoms with van der Waals surface area (Å²) in [4.78, 5) is 14.1. The molecule has 1 aromatic heterocycles. The van der Waals surface area contributed by atoms with Crippen LogP contribution in [-0.4, -0.2) is 45.6 Å². The fourth-order valence-corrected chi connectivity index (χ4v) is 2.99. The molecule has 0 unspecified atom stereocenters. The van der Waals surface area contributed by atoms with Gasteiger partial charge in [0.2, 0.25) is 0 Å². The minimum atomic E-state index is 0.0510. The lowest BCUT2D eigenvalue weighted by molar-refractivity contribution is 0.168. The summed E-state index contributed by atoms with van der Waals surface area (Å²) in [7, 11) is 0. The highest BCUT2D eigenvalue weighted by molar-refractivity contribution is 5.74. The molecular weight excluding hydrogens is 290 g/mol. The van der Waals surface area contributed by atoms with Gasteiger partial charge in [-0.15, -0.1) is 5.10 Å². The van der Waals surface area contributed by atoms with Crippen LogP contribution in [-0.2, 0) is 6.42 Å². The van der Waals surface area contributed by atoms with Gasteiger partial charge in [-0.3, -0.25) is 0 Å². The fourth-order valence-electron chi connectivity index (χ4n) is 2.99. The lowest BCUT2D eigenvalue weighted by atomic mass is 10.1. The Balaban J connectivity index is 1.35. The number of carbonyl (C=O) groups excluding carboxylic acids is 1. The number of aromatic nitrogens is 3. The normalized spacial score (nSPS) is 15.6. The minimum absolute atomic E-state index is 0.0510. The van der Waals surface area contributed by atoms with Crippen LogP contribution in [0.4, 0.5) is 4.79 Å². The smallest absolute Gasteiger partial charge is 0.317 e. The highest BCUT2D eigenvalue weighted by atomic mass is 16.2. The van der Waals surface area contributed by atoms with Gasteiger partial charge in [0.25, 0.3) is 0 Å². The number of nitrogens with zero attached hydrogens (tertiary/aromatic N) is 4. The topological polar surface area (TPSA) is 63.1 Å². The van der Waals surface area contributed by atoms with Crippen molar-refractivity contribution in [3.8, 4) is 0 Å². The number of hydrogen-bond donors (Lipinski definition) is 1. The molecule has 1 aliphatic heterocycles. The van der Waals surface area contributed by atoms with Gasteiger partial charge < -0.3 is 10.2 Å². The lowest BCUT2D eigenvalue weighted by Gasteiger charge is -2.31. The molecule has 0 aliphatic carbocycles. The van der Waals surface area contributed by atoms with Gasteiger partial charge in [0.15, 0.2) is 0 Å². The monoisotopic (exact) mass is 313 g/mol. The average Bonchev–Trinajstić information content (AvgIpc) is 3.14. The summed E-state index contributed by atoms with van der Waals surface area (Å²) in [5.74, 6) is 0. The van der Waals surface area contributed by atoms with Gasteiger partial charge in [0.1, 0.15) is 0 Å². The van der Waals surface area contributed by atoms with Crippen LogP contribution in [0.2, 0.25) is 0 Å². The van der Waals surface area contributed by atoms with Crippen molar-refractivity contribution in [3.63, 3.8) is 0 Å². The zero-order chi connectivity index (χ0) is 15.9. The van der Waals surface area contributed by atoms with Crippen molar-refractivity contribution in [3.05, 3.63) is 48.3 Å². The highest BCUT2D eigenvalue weighted by Crippen LogP contribution is 2.20. The van der Waals surface area contributed by atoms with Crippen molar-refractivity contribution < 1.29 is 4.79 Å². The number of aryl methyl sites for hydroxylation is 1. The number of hydrogen-bond acceptors (Lipinski definition) is 3. The molecule has 122 valence electrons. The molecule has 2 heterocycles. The van der Waals surface area contributed by atoms with Crippen LogP contribution < -0.4 is 5.32 Å². The van der Waals surface area contributed by atoms with E-state index in [1.54, 1.807) is 6.20 Å². The van der Waals surface area contributed by atoms with Gasteiger partial charge in [0.05, 0.1) is 12.2 Å². The maximum absolute atomic E-state index is 12.2. The SMILES string of the molecule is O=C(NCCCc1ccccc1)N1CCC(n2ccnn2)CC1. The third-order valence-electron chi connectivity index (χ3n) is 4.33. The quantitative estimate of drug-likeness (QED) is 0.861. The van der Waals surface area contributed by atoms with Crippen molar-refractivity contribution in [2.75, 3.05) is 19.6 Å². The molecule has 0 spiro atoms. The van der Waals surface area contributed by atoms with Crippen LogP contribution in [0.3, 0.4) is 0 Å². The van der Waals surface area contributed by atoms with Crippen LogP contribution in [0.1, 0.15) is 30.9 Å². The van der Waals surface area contributed by atoms with Crippen LogP contribution in [0, 0.1) is 0 Å². The van der Waals surface area contributed by atoms with E-state index in [1.165, 1.54) is 5.56 Å². The molecular formula is C17H23N5O. The molecule has 0 saturated carbocycles. The largest absolute Gasteiger partial charge is 0.338 e. The molecule has 6 nitrogen and oxygen atoms in total. The first kappa shape index (κ1) is 15.5. The molecule has 1 fully saturated rings. The molecule has 1 N–H and O–H groups in total. The average molecular weight is 313 g/mol. The summed E-state index contributed by atoms with van der Waals surface area (Å²) in [6, 6.07) is 10.8. The first-order chi connectivity index (χ1) is 11.3. The summed E-state index contributed by atoms with van der Waals surface area (Å²) < 4.78 is 1.90. The molecule has 1 aromatic carbocycles. The number of amides is 2. The van der Waals surface area contributed by atoms with Gasteiger partial charge in [-0.2, -0.15) is 0 Å². The molecule has 0 bridgehead atoms. The van der Waals surface area contributed by atoms with Gasteiger partial charge in [-0.05, 0) is 31.2 Å². The third-order valence-corrected chi connectivity index (χ3v) is 4.33. The van der Waals surface area contributed by atoms with Crippen molar-refractivity contribution in [2.45, 2.75) is 31.7 Å². The molecule has 6 heteroatoms. The third kappa shape index (κ3) is 4.31. The van der Waals surface area contributed by atoms with Crippen LogP contribution in [0.5, 0.6) is 0 Å². The van der Waals surface area contributed by atoms with Gasteiger partial charge in [0, 0.05) is 25.8 Å². The van der Waals surface area contributed by atoms with Crippen LogP contribution in [0.15, 0.2) is 42.7 Å². The number of benzene rings is 1. The van der Waals surface area contributed by atoms with E-state index in [-0.39, 0.29) is 6.03 Å². The van der Waals surface area contributed by atoms with Crippen LogP contribution in [0.25, 0.3) is 0 Å². The molecule has 2 aromatic rings. The second kappa shape index (κ2) is 7.76. The predicted octanol–water partition coefficient (Wildman–Crippen LogP) is 2.26. The van der Waals surface area contributed by atoms with Crippen molar-refractivity contribution in [1.82, 2.24) is 25.2 Å². The molecule has 0 atom stereocenters. The van der Waals surface area contributed by atoms with E-state index >= 15 is 0 Å². The number of nitrogens with one attached hydrogen (secondary N) is 1. The highest BCUT2D eigenvalue weighted by Gasteiger charge is 2.23. The molecule has 3 rings (SSSR count).